The molecule has 78 valence electrons. The largest absolute Gasteiger partial charge is 0.381 e. The number of nitrogens with one attached hydrogen (secondary N) is 2. The van der Waals surface area contributed by atoms with Gasteiger partial charge in [-0.25, -0.2) is 0 Å². The summed E-state index contributed by atoms with van der Waals surface area (Å²) in [4.78, 5) is 0. The van der Waals surface area contributed by atoms with Crippen molar-refractivity contribution in [3.05, 3.63) is 0 Å². The molecule has 0 saturated carbocycles. The molecule has 0 amide bonds. The summed E-state index contributed by atoms with van der Waals surface area (Å²) in [6.45, 7) is 2.28. The number of hydrogen-bond donors (Lipinski definition) is 3. The van der Waals surface area contributed by atoms with Crippen molar-refractivity contribution < 1.29 is 9.84 Å². The number of rotatable bonds is 5. The predicted octanol–water partition coefficient (Wildman–Crippen LogP) is -0.317. The van der Waals surface area contributed by atoms with E-state index in [1.165, 1.54) is 19.3 Å². The van der Waals surface area contributed by atoms with Crippen molar-refractivity contribution in [2.45, 2.75) is 31.5 Å². The Kier molecular flexibility index (Phi) is 5.31. The first-order valence-corrected chi connectivity index (χ1v) is 4.96. The van der Waals surface area contributed by atoms with Gasteiger partial charge in [-0.05, 0) is 19.4 Å². The van der Waals surface area contributed by atoms with Gasteiger partial charge in [-0.3, -0.25) is 5.32 Å². The molecule has 0 aliphatic carbocycles. The van der Waals surface area contributed by atoms with Gasteiger partial charge >= 0.3 is 0 Å². The Balaban J connectivity index is 2.03. The maximum Gasteiger partial charge on any atom is 0.128 e. The van der Waals surface area contributed by atoms with Crippen LogP contribution in [0.1, 0.15) is 19.3 Å². The first-order chi connectivity index (χ1) is 6.33. The van der Waals surface area contributed by atoms with E-state index in [2.05, 4.69) is 10.6 Å². The molecule has 1 aliphatic rings. The van der Waals surface area contributed by atoms with Crippen LogP contribution in [0.3, 0.4) is 0 Å². The van der Waals surface area contributed by atoms with E-state index in [4.69, 9.17) is 4.74 Å². The van der Waals surface area contributed by atoms with Crippen LogP contribution in [-0.2, 0) is 4.74 Å². The zero-order valence-corrected chi connectivity index (χ0v) is 8.25. The summed E-state index contributed by atoms with van der Waals surface area (Å²) in [6, 6.07) is 0.514. The zero-order valence-electron chi connectivity index (χ0n) is 8.25. The fourth-order valence-electron chi connectivity index (χ4n) is 1.59. The Bertz CT molecular complexity index is 127. The zero-order chi connectivity index (χ0) is 9.52. The van der Waals surface area contributed by atoms with Crippen molar-refractivity contribution in [1.82, 2.24) is 10.6 Å². The predicted molar refractivity (Wildman–Crippen MR) is 51.5 cm³/mol. The van der Waals surface area contributed by atoms with Crippen molar-refractivity contribution in [2.75, 3.05) is 26.8 Å². The highest BCUT2D eigenvalue weighted by molar-refractivity contribution is 4.74. The van der Waals surface area contributed by atoms with Gasteiger partial charge in [0.1, 0.15) is 6.23 Å². The molecular weight excluding hydrogens is 168 g/mol. The van der Waals surface area contributed by atoms with Gasteiger partial charge < -0.3 is 15.2 Å². The van der Waals surface area contributed by atoms with Gasteiger partial charge in [-0.15, -0.1) is 0 Å². The highest BCUT2D eigenvalue weighted by Crippen LogP contribution is 2.05. The van der Waals surface area contributed by atoms with Crippen LogP contribution in [0.4, 0.5) is 0 Å². The molecule has 0 spiro atoms. The first kappa shape index (κ1) is 10.9. The van der Waals surface area contributed by atoms with E-state index < -0.39 is 6.23 Å². The number of ether oxygens (including phenoxy) is 1. The van der Waals surface area contributed by atoms with Crippen molar-refractivity contribution in [1.29, 1.82) is 0 Å². The summed E-state index contributed by atoms with van der Waals surface area (Å²) >= 11 is 0. The molecule has 0 bridgehead atoms. The van der Waals surface area contributed by atoms with E-state index in [-0.39, 0.29) is 0 Å². The van der Waals surface area contributed by atoms with Gasteiger partial charge in [0.05, 0.1) is 6.61 Å². The molecule has 1 rings (SSSR count). The average Bonchev–Trinajstić information content (AvgIpc) is 2.17. The van der Waals surface area contributed by atoms with Gasteiger partial charge in [0.15, 0.2) is 0 Å². The normalized spacial score (nSPS) is 25.8. The molecule has 2 atom stereocenters. The van der Waals surface area contributed by atoms with Crippen molar-refractivity contribution in [3.63, 3.8) is 0 Å². The fourth-order valence-corrected chi connectivity index (χ4v) is 1.59. The molecule has 1 saturated heterocycles. The van der Waals surface area contributed by atoms with E-state index in [1.54, 1.807) is 7.11 Å². The summed E-state index contributed by atoms with van der Waals surface area (Å²) < 4.78 is 4.81. The molecule has 1 aliphatic heterocycles. The third-order valence-corrected chi connectivity index (χ3v) is 2.34. The number of methoxy groups -OCH3 is 1. The van der Waals surface area contributed by atoms with Crippen LogP contribution in [0.5, 0.6) is 0 Å². The van der Waals surface area contributed by atoms with Gasteiger partial charge in [0.25, 0.3) is 0 Å². The van der Waals surface area contributed by atoms with E-state index in [9.17, 15) is 5.11 Å². The molecule has 0 aromatic carbocycles. The van der Waals surface area contributed by atoms with Crippen molar-refractivity contribution in [2.24, 2.45) is 0 Å². The lowest BCUT2D eigenvalue weighted by molar-refractivity contribution is 0.0404. The van der Waals surface area contributed by atoms with Crippen molar-refractivity contribution >= 4 is 0 Å². The fraction of sp³-hybridized carbons (Fsp3) is 1.00. The number of piperidine rings is 1. The minimum absolute atomic E-state index is 0.354. The minimum atomic E-state index is -0.534. The summed E-state index contributed by atoms with van der Waals surface area (Å²) in [5.41, 5.74) is 0. The van der Waals surface area contributed by atoms with Gasteiger partial charge in [0.2, 0.25) is 0 Å². The van der Waals surface area contributed by atoms with Crippen LogP contribution >= 0.6 is 0 Å². The monoisotopic (exact) mass is 188 g/mol. The van der Waals surface area contributed by atoms with Crippen LogP contribution in [0, 0.1) is 0 Å². The summed E-state index contributed by atoms with van der Waals surface area (Å²) in [7, 11) is 1.59. The van der Waals surface area contributed by atoms with Crippen LogP contribution in [-0.4, -0.2) is 44.2 Å². The SMILES string of the molecule is COCC(O)NCC1CCCCN1. The number of aliphatic hydroxyl groups is 1. The van der Waals surface area contributed by atoms with Crippen LogP contribution < -0.4 is 10.6 Å². The Morgan fingerprint density at radius 1 is 1.62 bits per heavy atom. The number of aliphatic hydroxyl groups excluding tert-OH is 1. The maximum atomic E-state index is 9.32. The summed E-state index contributed by atoms with van der Waals surface area (Å²) in [5.74, 6) is 0. The van der Waals surface area contributed by atoms with Crippen LogP contribution in [0.2, 0.25) is 0 Å². The lowest BCUT2D eigenvalue weighted by Gasteiger charge is -2.24. The van der Waals surface area contributed by atoms with Crippen LogP contribution in [0.25, 0.3) is 0 Å². The average molecular weight is 188 g/mol. The van der Waals surface area contributed by atoms with E-state index in [0.29, 0.717) is 12.6 Å². The third-order valence-electron chi connectivity index (χ3n) is 2.34. The molecule has 0 aromatic rings. The van der Waals surface area contributed by atoms with E-state index in [1.807, 2.05) is 0 Å². The Morgan fingerprint density at radius 2 is 2.46 bits per heavy atom. The molecule has 13 heavy (non-hydrogen) atoms. The second kappa shape index (κ2) is 6.32. The molecule has 1 fully saturated rings. The lowest BCUT2D eigenvalue weighted by Crippen LogP contribution is -2.45. The van der Waals surface area contributed by atoms with Crippen LogP contribution in [0.15, 0.2) is 0 Å². The first-order valence-electron chi connectivity index (χ1n) is 4.96. The summed E-state index contributed by atoms with van der Waals surface area (Å²) in [6.07, 6.45) is 3.23. The molecule has 4 heteroatoms. The minimum Gasteiger partial charge on any atom is -0.381 e. The standard InChI is InChI=1S/C9H20N2O2/c1-13-7-9(12)11-6-8-4-2-3-5-10-8/h8-12H,2-7H2,1H3. The molecule has 3 N–H and O–H groups in total. The molecule has 2 unspecified atom stereocenters. The lowest BCUT2D eigenvalue weighted by atomic mass is 10.1. The second-order valence-corrected chi connectivity index (χ2v) is 3.53. The smallest absolute Gasteiger partial charge is 0.128 e. The third kappa shape index (κ3) is 4.57. The summed E-state index contributed by atoms with van der Waals surface area (Å²) in [5, 5.41) is 15.7. The van der Waals surface area contributed by atoms with E-state index >= 15 is 0 Å². The topological polar surface area (TPSA) is 53.5 Å². The molecular formula is C9H20N2O2. The second-order valence-electron chi connectivity index (χ2n) is 3.53. The highest BCUT2D eigenvalue weighted by Gasteiger charge is 2.13. The Hall–Kier alpha value is -0.160. The number of hydrogen-bond acceptors (Lipinski definition) is 4. The Morgan fingerprint density at radius 3 is 3.08 bits per heavy atom. The Labute approximate surface area is 79.7 Å². The van der Waals surface area contributed by atoms with Gasteiger partial charge in [-0.1, -0.05) is 6.42 Å². The molecule has 0 radical (unpaired) electrons. The molecule has 0 aromatic heterocycles. The van der Waals surface area contributed by atoms with Gasteiger partial charge in [-0.2, -0.15) is 0 Å². The maximum absolute atomic E-state index is 9.32. The quantitative estimate of drug-likeness (QED) is 0.518. The molecule has 1 heterocycles. The molecule has 4 nitrogen and oxygen atoms in total. The van der Waals surface area contributed by atoms with Gasteiger partial charge in [0, 0.05) is 19.7 Å². The van der Waals surface area contributed by atoms with E-state index in [0.717, 1.165) is 13.1 Å². The highest BCUT2D eigenvalue weighted by atomic mass is 16.5. The van der Waals surface area contributed by atoms with Crippen molar-refractivity contribution in [3.8, 4) is 0 Å².